The van der Waals surface area contributed by atoms with E-state index < -0.39 is 0 Å². The zero-order chi connectivity index (χ0) is 23.8. The predicted molar refractivity (Wildman–Crippen MR) is 132 cm³/mol. The van der Waals surface area contributed by atoms with Gasteiger partial charge in [-0.2, -0.15) is 5.10 Å². The smallest absolute Gasteiger partial charge is 0.277 e. The van der Waals surface area contributed by atoms with E-state index in [9.17, 15) is 4.79 Å². The van der Waals surface area contributed by atoms with E-state index in [4.69, 9.17) is 25.8 Å². The molecule has 0 bridgehead atoms. The quantitative estimate of drug-likeness (QED) is 0.272. The summed E-state index contributed by atoms with van der Waals surface area (Å²) in [4.78, 5) is 16.4. The Morgan fingerprint density at radius 2 is 1.85 bits per heavy atom. The number of ether oxygens (including phenoxy) is 3. The molecule has 0 aliphatic heterocycles. The average Bonchev–Trinajstić information content (AvgIpc) is 2.87. The first-order valence-electron chi connectivity index (χ1n) is 10.5. The van der Waals surface area contributed by atoms with Crippen molar-refractivity contribution in [2.75, 3.05) is 13.7 Å². The first kappa shape index (κ1) is 23.1. The number of hydrogen-bond acceptors (Lipinski definition) is 6. The Balaban J connectivity index is 1.37. The summed E-state index contributed by atoms with van der Waals surface area (Å²) >= 11 is 5.83. The van der Waals surface area contributed by atoms with Crippen LogP contribution < -0.4 is 19.6 Å². The lowest BCUT2D eigenvalue weighted by atomic mass is 10.1. The molecule has 4 rings (SSSR count). The van der Waals surface area contributed by atoms with Crippen molar-refractivity contribution in [2.45, 2.75) is 6.61 Å². The standard InChI is InChI=1S/C26H22ClN3O4/c1-32-23-12-7-18(15-29-30-25(31)17-33-22-10-8-21(27)9-11-22)14-20(23)16-34-24-6-2-4-19-5-3-13-28-26(19)24/h2-15H,16-17H2,1H3,(H,30,31)/b29-15+. The molecule has 3 aromatic carbocycles. The van der Waals surface area contributed by atoms with E-state index in [0.717, 1.165) is 22.0 Å². The monoisotopic (exact) mass is 475 g/mol. The normalized spacial score (nSPS) is 10.9. The van der Waals surface area contributed by atoms with Crippen LogP contribution in [0.25, 0.3) is 10.9 Å². The number of hydrazone groups is 1. The van der Waals surface area contributed by atoms with Crippen LogP contribution >= 0.6 is 11.6 Å². The maximum absolute atomic E-state index is 12.0. The van der Waals surface area contributed by atoms with Gasteiger partial charge in [0.15, 0.2) is 6.61 Å². The summed E-state index contributed by atoms with van der Waals surface area (Å²) in [5.41, 5.74) is 4.85. The average molecular weight is 476 g/mol. The van der Waals surface area contributed by atoms with Crippen molar-refractivity contribution in [3.05, 3.63) is 95.1 Å². The fourth-order valence-electron chi connectivity index (χ4n) is 3.23. The van der Waals surface area contributed by atoms with E-state index in [1.165, 1.54) is 0 Å². The van der Waals surface area contributed by atoms with Crippen molar-refractivity contribution in [3.63, 3.8) is 0 Å². The number of rotatable bonds is 9. The van der Waals surface area contributed by atoms with E-state index in [1.807, 2.05) is 48.5 Å². The zero-order valence-corrected chi connectivity index (χ0v) is 19.2. The minimum Gasteiger partial charge on any atom is -0.496 e. The second-order valence-corrected chi connectivity index (χ2v) is 7.66. The van der Waals surface area contributed by atoms with Gasteiger partial charge in [0.05, 0.1) is 13.3 Å². The van der Waals surface area contributed by atoms with E-state index in [2.05, 4.69) is 15.5 Å². The molecule has 0 saturated carbocycles. The van der Waals surface area contributed by atoms with E-state index in [1.54, 1.807) is 43.8 Å². The van der Waals surface area contributed by atoms with Gasteiger partial charge in [-0.3, -0.25) is 9.78 Å². The van der Waals surface area contributed by atoms with Crippen molar-refractivity contribution in [1.82, 2.24) is 10.4 Å². The maximum atomic E-state index is 12.0. The largest absolute Gasteiger partial charge is 0.496 e. The van der Waals surface area contributed by atoms with Crippen LogP contribution in [0.15, 0.2) is 84.1 Å². The SMILES string of the molecule is COc1ccc(/C=N/NC(=O)COc2ccc(Cl)cc2)cc1COc1cccc2cccnc12. The van der Waals surface area contributed by atoms with Crippen molar-refractivity contribution in [2.24, 2.45) is 5.10 Å². The minimum absolute atomic E-state index is 0.167. The summed E-state index contributed by atoms with van der Waals surface area (Å²) in [6, 6.07) is 22.0. The number of amides is 1. The number of nitrogens with zero attached hydrogens (tertiary/aromatic N) is 2. The molecule has 0 radical (unpaired) electrons. The highest BCUT2D eigenvalue weighted by molar-refractivity contribution is 6.30. The number of benzene rings is 3. The molecular formula is C26H22ClN3O4. The molecule has 0 unspecified atom stereocenters. The molecule has 0 aliphatic rings. The van der Waals surface area contributed by atoms with Gasteiger partial charge in [0.1, 0.15) is 29.4 Å². The molecule has 1 heterocycles. The molecule has 1 aromatic heterocycles. The number of pyridine rings is 1. The molecule has 0 spiro atoms. The topological polar surface area (TPSA) is 82.0 Å². The highest BCUT2D eigenvalue weighted by Crippen LogP contribution is 2.26. The number of hydrogen-bond donors (Lipinski definition) is 1. The van der Waals surface area contributed by atoms with Gasteiger partial charge in [-0.1, -0.05) is 29.8 Å². The fourth-order valence-corrected chi connectivity index (χ4v) is 3.36. The molecule has 8 heteroatoms. The van der Waals surface area contributed by atoms with Gasteiger partial charge < -0.3 is 14.2 Å². The van der Waals surface area contributed by atoms with E-state index in [-0.39, 0.29) is 19.1 Å². The maximum Gasteiger partial charge on any atom is 0.277 e. The van der Waals surface area contributed by atoms with Crippen LogP contribution in [0.4, 0.5) is 0 Å². The van der Waals surface area contributed by atoms with Gasteiger partial charge in [0.2, 0.25) is 0 Å². The summed E-state index contributed by atoms with van der Waals surface area (Å²) in [7, 11) is 1.60. The lowest BCUT2D eigenvalue weighted by Crippen LogP contribution is -2.24. The third-order valence-corrected chi connectivity index (χ3v) is 5.12. The number of methoxy groups -OCH3 is 1. The van der Waals surface area contributed by atoms with Crippen molar-refractivity contribution in [3.8, 4) is 17.2 Å². The minimum atomic E-state index is -0.383. The number of nitrogens with one attached hydrogen (secondary N) is 1. The summed E-state index contributed by atoms with van der Waals surface area (Å²) in [5.74, 6) is 1.54. The Kier molecular flexibility index (Phi) is 7.57. The molecule has 7 nitrogen and oxygen atoms in total. The zero-order valence-electron chi connectivity index (χ0n) is 18.4. The van der Waals surface area contributed by atoms with Crippen LogP contribution in [0.1, 0.15) is 11.1 Å². The predicted octanol–water partition coefficient (Wildman–Crippen LogP) is 5.00. The van der Waals surface area contributed by atoms with Gasteiger partial charge in [-0.05, 0) is 60.2 Å². The van der Waals surface area contributed by atoms with Crippen LogP contribution in [0, 0.1) is 0 Å². The van der Waals surface area contributed by atoms with Crippen molar-refractivity contribution >= 4 is 34.6 Å². The molecular weight excluding hydrogens is 454 g/mol. The first-order valence-corrected chi connectivity index (χ1v) is 10.8. The second kappa shape index (κ2) is 11.2. The van der Waals surface area contributed by atoms with E-state index in [0.29, 0.717) is 22.3 Å². The number of carbonyl (C=O) groups is 1. The van der Waals surface area contributed by atoms with Gasteiger partial charge in [-0.15, -0.1) is 0 Å². The van der Waals surface area contributed by atoms with Gasteiger partial charge in [0.25, 0.3) is 5.91 Å². The summed E-state index contributed by atoms with van der Waals surface area (Å²) in [6.45, 7) is 0.113. The highest BCUT2D eigenvalue weighted by atomic mass is 35.5. The number of aromatic nitrogens is 1. The molecule has 1 amide bonds. The fraction of sp³-hybridized carbons (Fsp3) is 0.115. The van der Waals surface area contributed by atoms with Crippen molar-refractivity contribution < 1.29 is 19.0 Å². The van der Waals surface area contributed by atoms with Crippen LogP contribution in [-0.4, -0.2) is 30.8 Å². The van der Waals surface area contributed by atoms with Crippen LogP contribution in [0.3, 0.4) is 0 Å². The van der Waals surface area contributed by atoms with Crippen LogP contribution in [0.2, 0.25) is 5.02 Å². The molecule has 1 N–H and O–H groups in total. The third kappa shape index (κ3) is 6.02. The summed E-state index contributed by atoms with van der Waals surface area (Å²) in [6.07, 6.45) is 3.28. The third-order valence-electron chi connectivity index (χ3n) is 4.87. The van der Waals surface area contributed by atoms with Gasteiger partial charge >= 0.3 is 0 Å². The molecule has 0 fully saturated rings. The molecule has 0 saturated heterocycles. The lowest BCUT2D eigenvalue weighted by Gasteiger charge is -2.12. The van der Waals surface area contributed by atoms with Crippen molar-refractivity contribution in [1.29, 1.82) is 0 Å². The Morgan fingerprint density at radius 3 is 2.68 bits per heavy atom. The number of carbonyl (C=O) groups excluding carboxylic acids is 1. The van der Waals surface area contributed by atoms with Gasteiger partial charge in [0, 0.05) is 22.2 Å². The number of para-hydroxylation sites is 1. The number of fused-ring (bicyclic) bond motifs is 1. The number of halogens is 1. The van der Waals surface area contributed by atoms with Crippen LogP contribution in [-0.2, 0) is 11.4 Å². The lowest BCUT2D eigenvalue weighted by molar-refractivity contribution is -0.123. The first-order chi connectivity index (χ1) is 16.6. The Labute approximate surface area is 201 Å². The summed E-state index contributed by atoms with van der Waals surface area (Å²) in [5, 5.41) is 5.61. The second-order valence-electron chi connectivity index (χ2n) is 7.23. The molecule has 172 valence electrons. The van der Waals surface area contributed by atoms with E-state index >= 15 is 0 Å². The van der Waals surface area contributed by atoms with Crippen LogP contribution in [0.5, 0.6) is 17.2 Å². The Morgan fingerprint density at radius 1 is 1.03 bits per heavy atom. The molecule has 0 aliphatic carbocycles. The Hall–Kier alpha value is -4.10. The molecule has 4 aromatic rings. The Bertz CT molecular complexity index is 1300. The summed E-state index contributed by atoms with van der Waals surface area (Å²) < 4.78 is 16.9. The molecule has 34 heavy (non-hydrogen) atoms. The highest BCUT2D eigenvalue weighted by Gasteiger charge is 2.08. The molecule has 0 atom stereocenters. The van der Waals surface area contributed by atoms with Gasteiger partial charge in [-0.25, -0.2) is 5.43 Å².